The first kappa shape index (κ1) is 13.3. The van der Waals surface area contributed by atoms with E-state index in [9.17, 15) is 4.39 Å². The van der Waals surface area contributed by atoms with E-state index in [1.54, 1.807) is 0 Å². The molecule has 0 N–H and O–H groups in total. The van der Waals surface area contributed by atoms with E-state index in [0.717, 1.165) is 35.4 Å². The van der Waals surface area contributed by atoms with Gasteiger partial charge in [-0.15, -0.1) is 0 Å². The molecule has 0 fully saturated rings. The van der Waals surface area contributed by atoms with Gasteiger partial charge in [0.15, 0.2) is 0 Å². The zero-order valence-electron chi connectivity index (χ0n) is 10.9. The van der Waals surface area contributed by atoms with Crippen molar-refractivity contribution in [2.75, 3.05) is 18.0 Å². The first-order valence-electron chi connectivity index (χ1n) is 6.54. The van der Waals surface area contributed by atoms with Crippen molar-refractivity contribution >= 4 is 27.3 Å². The van der Waals surface area contributed by atoms with Crippen molar-refractivity contribution in [1.82, 2.24) is 4.98 Å². The minimum Gasteiger partial charge on any atom is -0.353 e. The van der Waals surface area contributed by atoms with E-state index < -0.39 is 0 Å². The molecule has 2 aromatic rings. The summed E-state index contributed by atoms with van der Waals surface area (Å²) in [6, 6.07) is 10.7. The van der Waals surface area contributed by atoms with Gasteiger partial charge in [-0.05, 0) is 57.8 Å². The van der Waals surface area contributed by atoms with Crippen LogP contribution in [0.25, 0.3) is 5.57 Å². The van der Waals surface area contributed by atoms with Crippen molar-refractivity contribution in [3.05, 3.63) is 64.5 Å². The Morgan fingerprint density at radius 1 is 1.10 bits per heavy atom. The fraction of sp³-hybridized carbons (Fsp3) is 0.188. The summed E-state index contributed by atoms with van der Waals surface area (Å²) in [5, 5.41) is 0. The SMILES string of the molecule is Fc1ccc(C2=CCN(c3ccc(Br)cn3)CC2)cc1. The fourth-order valence-corrected chi connectivity index (χ4v) is 2.59. The van der Waals surface area contributed by atoms with E-state index in [0.29, 0.717) is 0 Å². The van der Waals surface area contributed by atoms with Crippen LogP contribution in [0.1, 0.15) is 12.0 Å². The van der Waals surface area contributed by atoms with Crippen LogP contribution in [-0.2, 0) is 0 Å². The van der Waals surface area contributed by atoms with E-state index in [1.807, 2.05) is 30.5 Å². The number of aromatic nitrogens is 1. The summed E-state index contributed by atoms with van der Waals surface area (Å²) in [5.74, 6) is 0.799. The van der Waals surface area contributed by atoms with Crippen LogP contribution in [-0.4, -0.2) is 18.1 Å². The molecule has 0 spiro atoms. The average molecular weight is 333 g/mol. The first-order chi connectivity index (χ1) is 9.72. The van der Waals surface area contributed by atoms with Crippen molar-refractivity contribution in [3.8, 4) is 0 Å². The van der Waals surface area contributed by atoms with E-state index in [4.69, 9.17) is 0 Å². The van der Waals surface area contributed by atoms with Crippen LogP contribution in [0.15, 0.2) is 53.1 Å². The summed E-state index contributed by atoms with van der Waals surface area (Å²) in [7, 11) is 0. The first-order valence-corrected chi connectivity index (χ1v) is 7.33. The Labute approximate surface area is 126 Å². The van der Waals surface area contributed by atoms with Crippen molar-refractivity contribution in [2.24, 2.45) is 0 Å². The third kappa shape index (κ3) is 2.90. The molecule has 0 amide bonds. The number of halogens is 2. The quantitative estimate of drug-likeness (QED) is 0.816. The Balaban J connectivity index is 1.74. The summed E-state index contributed by atoms with van der Waals surface area (Å²) in [4.78, 5) is 6.65. The molecule has 20 heavy (non-hydrogen) atoms. The second-order valence-electron chi connectivity index (χ2n) is 4.77. The van der Waals surface area contributed by atoms with E-state index in [2.05, 4.69) is 31.9 Å². The lowest BCUT2D eigenvalue weighted by atomic mass is 9.99. The predicted octanol–water partition coefficient (Wildman–Crippen LogP) is 4.28. The van der Waals surface area contributed by atoms with Crippen LogP contribution in [0.5, 0.6) is 0 Å². The van der Waals surface area contributed by atoms with Gasteiger partial charge >= 0.3 is 0 Å². The van der Waals surface area contributed by atoms with Gasteiger partial charge in [0.1, 0.15) is 11.6 Å². The van der Waals surface area contributed by atoms with Crippen LogP contribution in [0.4, 0.5) is 10.2 Å². The molecule has 1 aromatic carbocycles. The molecule has 4 heteroatoms. The summed E-state index contributed by atoms with van der Waals surface area (Å²) in [6.07, 6.45) is 4.96. The number of rotatable bonds is 2. The third-order valence-electron chi connectivity index (χ3n) is 3.46. The van der Waals surface area contributed by atoms with Crippen molar-refractivity contribution in [2.45, 2.75) is 6.42 Å². The lowest BCUT2D eigenvalue weighted by molar-refractivity contribution is 0.627. The molecule has 0 saturated carbocycles. The number of nitrogens with zero attached hydrogens (tertiary/aromatic N) is 2. The second-order valence-corrected chi connectivity index (χ2v) is 5.68. The molecule has 2 heterocycles. The van der Waals surface area contributed by atoms with Gasteiger partial charge in [-0.1, -0.05) is 18.2 Å². The Bertz CT molecular complexity index is 620. The van der Waals surface area contributed by atoms with Crippen LogP contribution < -0.4 is 4.90 Å². The molecule has 0 radical (unpaired) electrons. The Hall–Kier alpha value is -1.68. The highest BCUT2D eigenvalue weighted by Gasteiger charge is 2.14. The van der Waals surface area contributed by atoms with Crippen LogP contribution >= 0.6 is 15.9 Å². The monoisotopic (exact) mass is 332 g/mol. The highest BCUT2D eigenvalue weighted by Crippen LogP contribution is 2.25. The van der Waals surface area contributed by atoms with Gasteiger partial charge in [0, 0.05) is 23.8 Å². The lowest BCUT2D eigenvalue weighted by Gasteiger charge is -2.27. The number of hydrogen-bond donors (Lipinski definition) is 0. The fourth-order valence-electron chi connectivity index (χ4n) is 2.36. The molecule has 1 aromatic heterocycles. The van der Waals surface area contributed by atoms with Crippen LogP contribution in [0.2, 0.25) is 0 Å². The van der Waals surface area contributed by atoms with Crippen molar-refractivity contribution < 1.29 is 4.39 Å². The number of benzene rings is 1. The number of pyridine rings is 1. The molecule has 0 atom stereocenters. The summed E-state index contributed by atoms with van der Waals surface area (Å²) in [5.41, 5.74) is 2.38. The zero-order chi connectivity index (χ0) is 13.9. The molecule has 0 saturated heterocycles. The largest absolute Gasteiger partial charge is 0.353 e. The van der Waals surface area contributed by atoms with Gasteiger partial charge in [-0.3, -0.25) is 0 Å². The normalized spacial score (nSPS) is 15.1. The van der Waals surface area contributed by atoms with Gasteiger partial charge < -0.3 is 4.90 Å². The van der Waals surface area contributed by atoms with Gasteiger partial charge in [-0.25, -0.2) is 9.37 Å². The summed E-state index contributed by atoms with van der Waals surface area (Å²) in [6.45, 7) is 1.76. The van der Waals surface area contributed by atoms with Crippen molar-refractivity contribution in [3.63, 3.8) is 0 Å². The zero-order valence-corrected chi connectivity index (χ0v) is 12.5. The van der Waals surface area contributed by atoms with E-state index in [-0.39, 0.29) is 5.82 Å². The molecule has 0 aliphatic carbocycles. The maximum Gasteiger partial charge on any atom is 0.128 e. The molecule has 102 valence electrons. The maximum absolute atomic E-state index is 12.9. The standard InChI is InChI=1S/C16H14BrFN2/c17-14-3-6-16(19-11-14)20-9-7-13(8-10-20)12-1-4-15(18)5-2-12/h1-7,11H,8-10H2. The Kier molecular flexibility index (Phi) is 3.83. The minimum absolute atomic E-state index is 0.189. The second kappa shape index (κ2) is 5.75. The Morgan fingerprint density at radius 3 is 2.50 bits per heavy atom. The maximum atomic E-state index is 12.9. The number of hydrogen-bond acceptors (Lipinski definition) is 2. The Morgan fingerprint density at radius 2 is 1.90 bits per heavy atom. The molecule has 1 aliphatic rings. The van der Waals surface area contributed by atoms with Gasteiger partial charge in [0.2, 0.25) is 0 Å². The lowest BCUT2D eigenvalue weighted by Crippen LogP contribution is -2.28. The minimum atomic E-state index is -0.189. The van der Waals surface area contributed by atoms with Crippen LogP contribution in [0, 0.1) is 5.82 Å². The van der Waals surface area contributed by atoms with Gasteiger partial charge in [0.25, 0.3) is 0 Å². The number of anilines is 1. The molecular weight excluding hydrogens is 319 g/mol. The van der Waals surface area contributed by atoms with Gasteiger partial charge in [0.05, 0.1) is 0 Å². The van der Waals surface area contributed by atoms with E-state index >= 15 is 0 Å². The van der Waals surface area contributed by atoms with Crippen molar-refractivity contribution in [1.29, 1.82) is 0 Å². The summed E-state index contributed by atoms with van der Waals surface area (Å²) < 4.78 is 13.9. The van der Waals surface area contributed by atoms with Gasteiger partial charge in [-0.2, -0.15) is 0 Å². The molecule has 0 bridgehead atoms. The van der Waals surface area contributed by atoms with E-state index in [1.165, 1.54) is 17.7 Å². The molecule has 3 rings (SSSR count). The smallest absolute Gasteiger partial charge is 0.128 e. The average Bonchev–Trinajstić information content (AvgIpc) is 2.49. The topological polar surface area (TPSA) is 16.1 Å². The highest BCUT2D eigenvalue weighted by molar-refractivity contribution is 9.10. The molecule has 0 unspecified atom stereocenters. The third-order valence-corrected chi connectivity index (χ3v) is 3.93. The highest BCUT2D eigenvalue weighted by atomic mass is 79.9. The van der Waals surface area contributed by atoms with Crippen LogP contribution in [0.3, 0.4) is 0 Å². The summed E-state index contributed by atoms with van der Waals surface area (Å²) >= 11 is 3.39. The predicted molar refractivity (Wildman–Crippen MR) is 83.1 cm³/mol. The molecular formula is C16H14BrFN2. The molecule has 1 aliphatic heterocycles. The molecule has 2 nitrogen and oxygen atoms in total.